The van der Waals surface area contributed by atoms with Crippen molar-refractivity contribution in [3.63, 3.8) is 0 Å². The Morgan fingerprint density at radius 3 is 2.87 bits per heavy atom. The zero-order valence-corrected chi connectivity index (χ0v) is 9.87. The number of esters is 1. The van der Waals surface area contributed by atoms with E-state index in [1.807, 2.05) is 6.92 Å². The number of hydrogen-bond donors (Lipinski definition) is 1. The van der Waals surface area contributed by atoms with Gasteiger partial charge in [-0.2, -0.15) is 0 Å². The lowest BCUT2D eigenvalue weighted by Gasteiger charge is -2.30. The Bertz CT molecular complexity index is 206. The molecule has 0 bridgehead atoms. The van der Waals surface area contributed by atoms with E-state index in [2.05, 4.69) is 6.92 Å². The molecule has 0 spiro atoms. The average molecular weight is 213 g/mol. The number of rotatable bonds is 4. The molecule has 0 aromatic carbocycles. The van der Waals surface area contributed by atoms with E-state index in [1.54, 1.807) is 0 Å². The number of carbonyl (C=O) groups is 1. The second-order valence-corrected chi connectivity index (χ2v) is 4.70. The van der Waals surface area contributed by atoms with Crippen molar-refractivity contribution in [2.75, 3.05) is 6.61 Å². The van der Waals surface area contributed by atoms with Gasteiger partial charge in [-0.3, -0.25) is 4.79 Å². The number of ether oxygens (including phenoxy) is 1. The van der Waals surface area contributed by atoms with Crippen molar-refractivity contribution in [3.8, 4) is 0 Å². The average Bonchev–Trinajstić information content (AvgIpc) is 2.18. The van der Waals surface area contributed by atoms with Crippen LogP contribution in [0.3, 0.4) is 0 Å². The van der Waals surface area contributed by atoms with E-state index in [0.717, 1.165) is 5.92 Å². The van der Waals surface area contributed by atoms with Crippen molar-refractivity contribution in [1.29, 1.82) is 0 Å². The highest BCUT2D eigenvalue weighted by atomic mass is 16.5. The molecular weight excluding hydrogens is 190 g/mol. The topological polar surface area (TPSA) is 52.3 Å². The smallest absolute Gasteiger partial charge is 0.307 e. The van der Waals surface area contributed by atoms with Crippen molar-refractivity contribution < 1.29 is 9.53 Å². The van der Waals surface area contributed by atoms with Crippen LogP contribution in [-0.2, 0) is 9.53 Å². The summed E-state index contributed by atoms with van der Waals surface area (Å²) in [7, 11) is 0. The van der Waals surface area contributed by atoms with E-state index >= 15 is 0 Å². The van der Waals surface area contributed by atoms with Crippen LogP contribution in [0.2, 0.25) is 0 Å². The van der Waals surface area contributed by atoms with Gasteiger partial charge in [-0.25, -0.2) is 0 Å². The predicted octanol–water partition coefficient (Wildman–Crippen LogP) is 2.09. The van der Waals surface area contributed by atoms with Gasteiger partial charge >= 0.3 is 5.97 Å². The molecule has 0 radical (unpaired) electrons. The minimum Gasteiger partial charge on any atom is -0.466 e. The summed E-state index contributed by atoms with van der Waals surface area (Å²) < 4.78 is 4.91. The standard InChI is InChI=1S/C12H23NO2/c1-3-15-12(14)8-11(13)10-6-4-5-9(2)7-10/h9-11H,3-8,13H2,1-2H3/t9?,10?,11-/m0/s1. The van der Waals surface area contributed by atoms with Gasteiger partial charge in [0.1, 0.15) is 0 Å². The number of nitrogens with two attached hydrogens (primary N) is 1. The van der Waals surface area contributed by atoms with Gasteiger partial charge in [0.2, 0.25) is 0 Å². The quantitative estimate of drug-likeness (QED) is 0.727. The molecule has 3 atom stereocenters. The molecule has 2 N–H and O–H groups in total. The lowest BCUT2D eigenvalue weighted by molar-refractivity contribution is -0.143. The molecule has 1 saturated carbocycles. The number of carbonyl (C=O) groups excluding carboxylic acids is 1. The fraction of sp³-hybridized carbons (Fsp3) is 0.917. The van der Waals surface area contributed by atoms with E-state index in [0.29, 0.717) is 18.9 Å². The third kappa shape index (κ3) is 4.20. The van der Waals surface area contributed by atoms with Crippen LogP contribution in [0.25, 0.3) is 0 Å². The molecule has 2 unspecified atom stereocenters. The minimum atomic E-state index is -0.150. The van der Waals surface area contributed by atoms with Gasteiger partial charge in [0.05, 0.1) is 13.0 Å². The van der Waals surface area contributed by atoms with Crippen LogP contribution in [0.1, 0.15) is 46.0 Å². The first-order valence-electron chi connectivity index (χ1n) is 6.04. The first-order valence-corrected chi connectivity index (χ1v) is 6.04. The van der Waals surface area contributed by atoms with Crippen molar-refractivity contribution >= 4 is 5.97 Å². The largest absolute Gasteiger partial charge is 0.466 e. The molecule has 3 nitrogen and oxygen atoms in total. The molecule has 88 valence electrons. The Kier molecular flexibility index (Phi) is 5.09. The van der Waals surface area contributed by atoms with Crippen LogP contribution in [0.15, 0.2) is 0 Å². The molecule has 0 aromatic rings. The molecule has 15 heavy (non-hydrogen) atoms. The minimum absolute atomic E-state index is 0.00759. The van der Waals surface area contributed by atoms with Crippen molar-refractivity contribution in [1.82, 2.24) is 0 Å². The summed E-state index contributed by atoms with van der Waals surface area (Å²) in [5.41, 5.74) is 6.04. The second-order valence-electron chi connectivity index (χ2n) is 4.70. The predicted molar refractivity (Wildman–Crippen MR) is 60.3 cm³/mol. The first kappa shape index (κ1) is 12.5. The van der Waals surface area contributed by atoms with Crippen LogP contribution in [0.4, 0.5) is 0 Å². The van der Waals surface area contributed by atoms with Gasteiger partial charge in [0, 0.05) is 6.04 Å². The summed E-state index contributed by atoms with van der Waals surface area (Å²) in [5.74, 6) is 1.12. The molecule has 1 aliphatic rings. The van der Waals surface area contributed by atoms with E-state index in [-0.39, 0.29) is 12.0 Å². The second kappa shape index (κ2) is 6.11. The van der Waals surface area contributed by atoms with Gasteiger partial charge in [-0.15, -0.1) is 0 Å². The maximum Gasteiger partial charge on any atom is 0.307 e. The van der Waals surface area contributed by atoms with Gasteiger partial charge in [-0.1, -0.05) is 19.8 Å². The maximum atomic E-state index is 11.3. The van der Waals surface area contributed by atoms with E-state index < -0.39 is 0 Å². The summed E-state index contributed by atoms with van der Waals surface area (Å²) in [6.07, 6.45) is 5.28. The fourth-order valence-electron chi connectivity index (χ4n) is 2.45. The normalized spacial score (nSPS) is 28.5. The van der Waals surface area contributed by atoms with Crippen LogP contribution >= 0.6 is 0 Å². The van der Waals surface area contributed by atoms with Gasteiger partial charge in [-0.05, 0) is 31.6 Å². The lowest BCUT2D eigenvalue weighted by Crippen LogP contribution is -2.35. The molecule has 3 heteroatoms. The van der Waals surface area contributed by atoms with Crippen LogP contribution in [0.5, 0.6) is 0 Å². The van der Waals surface area contributed by atoms with E-state index in [4.69, 9.17) is 10.5 Å². The summed E-state index contributed by atoms with van der Waals surface area (Å²) in [5, 5.41) is 0. The highest BCUT2D eigenvalue weighted by Gasteiger charge is 2.25. The Morgan fingerprint density at radius 1 is 1.53 bits per heavy atom. The van der Waals surface area contributed by atoms with Crippen LogP contribution in [-0.4, -0.2) is 18.6 Å². The fourth-order valence-corrected chi connectivity index (χ4v) is 2.45. The Labute approximate surface area is 92.4 Å². The molecule has 1 aliphatic carbocycles. The van der Waals surface area contributed by atoms with E-state index in [9.17, 15) is 4.79 Å². The molecule has 1 rings (SSSR count). The third-order valence-corrected chi connectivity index (χ3v) is 3.29. The van der Waals surface area contributed by atoms with Crippen molar-refractivity contribution in [3.05, 3.63) is 0 Å². The molecule has 0 amide bonds. The third-order valence-electron chi connectivity index (χ3n) is 3.29. The monoisotopic (exact) mass is 213 g/mol. The van der Waals surface area contributed by atoms with Crippen molar-refractivity contribution in [2.45, 2.75) is 52.0 Å². The highest BCUT2D eigenvalue weighted by Crippen LogP contribution is 2.31. The molecule has 0 saturated heterocycles. The maximum absolute atomic E-state index is 11.3. The Hall–Kier alpha value is -0.570. The summed E-state index contributed by atoms with van der Waals surface area (Å²) >= 11 is 0. The first-order chi connectivity index (χ1) is 7.13. The molecule has 0 aromatic heterocycles. The van der Waals surface area contributed by atoms with Gasteiger partial charge in [0.15, 0.2) is 0 Å². The zero-order chi connectivity index (χ0) is 11.3. The molecule has 0 aliphatic heterocycles. The zero-order valence-electron chi connectivity index (χ0n) is 9.87. The lowest BCUT2D eigenvalue weighted by atomic mass is 9.78. The molecular formula is C12H23NO2. The SMILES string of the molecule is CCOC(=O)C[C@H](N)C1CCCC(C)C1. The Balaban J connectivity index is 2.32. The summed E-state index contributed by atoms with van der Waals surface area (Å²) in [4.78, 5) is 11.3. The molecule has 1 fully saturated rings. The highest BCUT2D eigenvalue weighted by molar-refractivity contribution is 5.70. The van der Waals surface area contributed by atoms with Crippen molar-refractivity contribution in [2.24, 2.45) is 17.6 Å². The molecule has 0 heterocycles. The van der Waals surface area contributed by atoms with Gasteiger partial charge < -0.3 is 10.5 Å². The van der Waals surface area contributed by atoms with Crippen LogP contribution < -0.4 is 5.73 Å². The summed E-state index contributed by atoms with van der Waals surface area (Å²) in [6, 6.07) is -0.00759. The van der Waals surface area contributed by atoms with Crippen LogP contribution in [0, 0.1) is 11.8 Å². The number of hydrogen-bond acceptors (Lipinski definition) is 3. The summed E-state index contributed by atoms with van der Waals surface area (Å²) in [6.45, 7) is 4.54. The van der Waals surface area contributed by atoms with Gasteiger partial charge in [0.25, 0.3) is 0 Å². The van der Waals surface area contributed by atoms with E-state index in [1.165, 1.54) is 25.7 Å². The Morgan fingerprint density at radius 2 is 2.27 bits per heavy atom.